The normalized spacial score (nSPS) is 5.23. The summed E-state index contributed by atoms with van der Waals surface area (Å²) >= 11 is 0. The largest absolute Gasteiger partial charge is 0.481 e. The number of hydrogen-bond acceptors (Lipinski definition) is 2. The topological polar surface area (TPSA) is 106 Å². The van der Waals surface area contributed by atoms with Crippen molar-refractivity contribution in [1.82, 2.24) is 0 Å². The maximum absolute atomic E-state index is 9.64. The van der Waals surface area contributed by atoms with Crippen LogP contribution in [0.4, 0.5) is 0 Å². The van der Waals surface area contributed by atoms with Gasteiger partial charge >= 0.3 is 11.9 Å². The van der Waals surface area contributed by atoms with Crippen LogP contribution in [0.15, 0.2) is 0 Å². The molecule has 5 nitrogen and oxygen atoms in total. The molecule has 0 fully saturated rings. The third-order valence-corrected chi connectivity index (χ3v) is 0.553. The Hall–Kier alpha value is 0.0688. The minimum absolute atomic E-state index is 0. The zero-order valence-corrected chi connectivity index (χ0v) is 8.31. The first-order valence-corrected chi connectivity index (χ1v) is 2.06. The monoisotopic (exact) mass is 270 g/mol. The molecule has 0 aliphatic carbocycles. The molecule has 0 bridgehead atoms. The summed E-state index contributed by atoms with van der Waals surface area (Å²) in [5, 5.41) is 15.8. The number of rotatable bonds is 3. The van der Waals surface area contributed by atoms with Gasteiger partial charge < -0.3 is 15.7 Å². The minimum atomic E-state index is -1.08. The molecule has 0 spiro atoms. The van der Waals surface area contributed by atoms with E-state index in [2.05, 4.69) is 0 Å². The van der Waals surface area contributed by atoms with Gasteiger partial charge in [0.15, 0.2) is 0 Å². The molecular weight excluding hydrogens is 254 g/mol. The Morgan fingerprint density at radius 3 is 1.08 bits per heavy atom. The van der Waals surface area contributed by atoms with E-state index in [-0.39, 0.29) is 70.3 Å². The van der Waals surface area contributed by atoms with Gasteiger partial charge in [0.2, 0.25) is 0 Å². The van der Waals surface area contributed by atoms with E-state index in [1.807, 2.05) is 0 Å². The molecule has 0 aromatic rings. The second-order valence-electron chi connectivity index (χ2n) is 1.29. The van der Waals surface area contributed by atoms with E-state index < -0.39 is 11.9 Å². The van der Waals surface area contributed by atoms with Crippen LogP contribution in [-0.4, -0.2) is 27.6 Å². The molecule has 4 N–H and O–H groups in total. The van der Waals surface area contributed by atoms with Crippen LogP contribution in [-0.2, 0) is 46.7 Å². The molecule has 0 heterocycles. The van der Waals surface area contributed by atoms with E-state index in [1.165, 1.54) is 0 Å². The van der Waals surface area contributed by atoms with Crippen LogP contribution in [0.1, 0.15) is 27.7 Å². The Bertz CT molecular complexity index is 104. The quantitative estimate of drug-likeness (QED) is 0.772. The molecule has 0 unspecified atom stereocenters. The average Bonchev–Trinajstić information content (AvgIpc) is 1.61. The van der Waals surface area contributed by atoms with Gasteiger partial charge in [-0.3, -0.25) is 9.59 Å². The number of carbonyl (C=O) groups is 2. The molecule has 80 valence electrons. The molecule has 0 aromatic carbocycles. The van der Waals surface area contributed by atoms with Crippen molar-refractivity contribution >= 4 is 11.9 Å². The Kier molecular flexibility index (Phi) is 66.6. The first-order valence-electron chi connectivity index (χ1n) is 2.06. The van der Waals surface area contributed by atoms with Gasteiger partial charge in [-0.05, 0) is 0 Å². The molecule has 2 radical (unpaired) electrons. The van der Waals surface area contributed by atoms with Crippen molar-refractivity contribution in [2.75, 3.05) is 0 Å². The fourth-order valence-corrected chi connectivity index (χ4v) is 0.214. The summed E-state index contributed by atoms with van der Waals surface area (Å²) in [5.41, 5.74) is 0. The van der Waals surface area contributed by atoms with Gasteiger partial charge in [0.05, 0.1) is 12.8 Å². The zero-order valence-electron chi connectivity index (χ0n) is 5.52. The van der Waals surface area contributed by atoms with Crippen molar-refractivity contribution in [2.24, 2.45) is 0 Å². The summed E-state index contributed by atoms with van der Waals surface area (Å²) in [6, 6.07) is 0. The van der Waals surface area contributed by atoms with Crippen molar-refractivity contribution in [2.45, 2.75) is 27.7 Å². The summed E-state index contributed by atoms with van der Waals surface area (Å²) in [6.45, 7) is 0. The van der Waals surface area contributed by atoms with Gasteiger partial charge in [-0.1, -0.05) is 14.9 Å². The predicted octanol–water partition coefficient (Wildman–Crippen LogP) is 0.378. The Labute approximate surface area is 102 Å². The number of carboxylic acids is 2. The SMILES string of the molecule is C.C.O.O=C(O)CCC(=O)O.[V].[V]. The summed E-state index contributed by atoms with van der Waals surface area (Å²) in [5.74, 6) is -2.15. The fourth-order valence-electron chi connectivity index (χ4n) is 0.214. The van der Waals surface area contributed by atoms with Crippen LogP contribution in [0, 0.1) is 0 Å². The molecule has 7 heteroatoms. The molecule has 0 aromatic heterocycles. The Morgan fingerprint density at radius 1 is 0.846 bits per heavy atom. The number of aliphatic carboxylic acids is 2. The van der Waals surface area contributed by atoms with Gasteiger partial charge in [-0.15, -0.1) is 0 Å². The second-order valence-corrected chi connectivity index (χ2v) is 1.29. The number of hydrogen-bond donors (Lipinski definition) is 2. The van der Waals surface area contributed by atoms with Gasteiger partial charge in [0.1, 0.15) is 0 Å². The molecule has 0 aliphatic rings. The summed E-state index contributed by atoms with van der Waals surface area (Å²) in [6.07, 6.45) is -0.593. The third-order valence-electron chi connectivity index (χ3n) is 0.553. The average molecular weight is 270 g/mol. The van der Waals surface area contributed by atoms with E-state index >= 15 is 0 Å². The molecule has 0 saturated carbocycles. The van der Waals surface area contributed by atoms with Gasteiger partial charge in [0, 0.05) is 37.1 Å². The third kappa shape index (κ3) is 47.6. The first-order chi connectivity index (χ1) is 3.63. The molecule has 13 heavy (non-hydrogen) atoms. The van der Waals surface area contributed by atoms with E-state index in [9.17, 15) is 9.59 Å². The smallest absolute Gasteiger partial charge is 0.303 e. The van der Waals surface area contributed by atoms with Crippen LogP contribution in [0.25, 0.3) is 0 Å². The van der Waals surface area contributed by atoms with E-state index in [4.69, 9.17) is 10.2 Å². The molecule has 0 rings (SSSR count). The van der Waals surface area contributed by atoms with Crippen molar-refractivity contribution in [3.8, 4) is 0 Å². The van der Waals surface area contributed by atoms with Crippen molar-refractivity contribution in [3.05, 3.63) is 0 Å². The first kappa shape index (κ1) is 38.1. The summed E-state index contributed by atoms with van der Waals surface area (Å²) in [7, 11) is 0. The summed E-state index contributed by atoms with van der Waals surface area (Å²) < 4.78 is 0. The van der Waals surface area contributed by atoms with Gasteiger partial charge in [0.25, 0.3) is 0 Å². The van der Waals surface area contributed by atoms with Crippen molar-refractivity contribution in [1.29, 1.82) is 0 Å². The molecule has 0 amide bonds. The van der Waals surface area contributed by atoms with E-state index in [1.54, 1.807) is 0 Å². The van der Waals surface area contributed by atoms with Crippen molar-refractivity contribution in [3.63, 3.8) is 0 Å². The van der Waals surface area contributed by atoms with Crippen LogP contribution < -0.4 is 0 Å². The summed E-state index contributed by atoms with van der Waals surface area (Å²) in [4.78, 5) is 19.3. The standard InChI is InChI=1S/C4H6O4.2CH4.H2O.2V/c5-3(6)1-2-4(7)8;;;;;/h1-2H2,(H,5,6)(H,7,8);2*1H4;1H2;;. The van der Waals surface area contributed by atoms with Crippen LogP contribution in [0.5, 0.6) is 0 Å². The Morgan fingerprint density at radius 2 is 1.00 bits per heavy atom. The zero-order chi connectivity index (χ0) is 6.57. The van der Waals surface area contributed by atoms with Crippen molar-refractivity contribution < 1.29 is 62.4 Å². The molecular formula is C6H16O5V2. The maximum Gasteiger partial charge on any atom is 0.303 e. The van der Waals surface area contributed by atoms with Crippen LogP contribution >= 0.6 is 0 Å². The number of carboxylic acid groups (broad SMARTS) is 2. The Balaban J connectivity index is -0.0000000245. The molecule has 0 saturated heterocycles. The molecule has 0 atom stereocenters. The fraction of sp³-hybridized carbons (Fsp3) is 0.667. The van der Waals surface area contributed by atoms with E-state index in [0.29, 0.717) is 0 Å². The predicted molar refractivity (Wildman–Crippen MR) is 41.6 cm³/mol. The van der Waals surface area contributed by atoms with E-state index in [0.717, 1.165) is 0 Å². The van der Waals surface area contributed by atoms with Crippen LogP contribution in [0.2, 0.25) is 0 Å². The van der Waals surface area contributed by atoms with Gasteiger partial charge in [-0.25, -0.2) is 0 Å². The minimum Gasteiger partial charge on any atom is -0.481 e. The molecule has 0 aliphatic heterocycles. The maximum atomic E-state index is 9.64. The second kappa shape index (κ2) is 22.7. The van der Waals surface area contributed by atoms with Crippen LogP contribution in [0.3, 0.4) is 0 Å². The van der Waals surface area contributed by atoms with Gasteiger partial charge in [-0.2, -0.15) is 0 Å².